The average Bonchev–Trinajstić information content (AvgIpc) is 3.44. The number of benzene rings is 3. The molecule has 0 N–H and O–H groups in total. The van der Waals surface area contributed by atoms with Crippen molar-refractivity contribution in [1.29, 1.82) is 0 Å². The second-order valence-electron chi connectivity index (χ2n) is 8.93. The Balaban J connectivity index is 1.64. The van der Waals surface area contributed by atoms with Crippen molar-refractivity contribution in [2.45, 2.75) is 12.5 Å². The number of hydrogen-bond acceptors (Lipinski definition) is 7. The van der Waals surface area contributed by atoms with Crippen molar-refractivity contribution in [3.05, 3.63) is 89.5 Å². The minimum absolute atomic E-state index is 0.159. The standard InChI is InChI=1S/C30H33N3O6/c1-36-17-16-32(30(35)22-10-12-23(37-2)13-11-22)20-29(34)33-27(21-8-6-5-7-9-21)19-26(31-33)25-15-14-24(38-3)18-28(25)39-4/h5-15,18,27H,16-17,19-20H2,1-4H3/t27-/m0/s1. The van der Waals surface area contributed by atoms with E-state index >= 15 is 0 Å². The molecule has 39 heavy (non-hydrogen) atoms. The van der Waals surface area contributed by atoms with E-state index in [1.165, 1.54) is 9.91 Å². The van der Waals surface area contributed by atoms with Gasteiger partial charge in [0.2, 0.25) is 0 Å². The van der Waals surface area contributed by atoms with Crippen molar-refractivity contribution in [3.63, 3.8) is 0 Å². The molecule has 0 unspecified atom stereocenters. The Kier molecular flexibility index (Phi) is 9.17. The molecule has 0 aromatic heterocycles. The molecule has 2 amide bonds. The Morgan fingerprint density at radius 1 is 0.897 bits per heavy atom. The normalized spacial score (nSPS) is 14.5. The molecular weight excluding hydrogens is 498 g/mol. The Morgan fingerprint density at radius 3 is 2.23 bits per heavy atom. The second kappa shape index (κ2) is 12.9. The predicted octanol–water partition coefficient (Wildman–Crippen LogP) is 4.18. The van der Waals surface area contributed by atoms with Gasteiger partial charge in [0.25, 0.3) is 11.8 Å². The lowest BCUT2D eigenvalue weighted by Gasteiger charge is -2.27. The first-order chi connectivity index (χ1) is 19.0. The average molecular weight is 532 g/mol. The van der Waals surface area contributed by atoms with Crippen molar-refractivity contribution < 1.29 is 28.5 Å². The molecule has 3 aromatic carbocycles. The minimum Gasteiger partial charge on any atom is -0.497 e. The SMILES string of the molecule is COCCN(CC(=O)N1N=C(c2ccc(OC)cc2OC)C[C@H]1c1ccccc1)C(=O)c1ccc(OC)cc1. The molecular formula is C30H33N3O6. The highest BCUT2D eigenvalue weighted by Gasteiger charge is 2.35. The van der Waals surface area contributed by atoms with E-state index in [1.54, 1.807) is 58.8 Å². The molecule has 9 nitrogen and oxygen atoms in total. The number of hydrogen-bond donors (Lipinski definition) is 0. The summed E-state index contributed by atoms with van der Waals surface area (Å²) in [6.07, 6.45) is 0.489. The molecule has 1 heterocycles. The van der Waals surface area contributed by atoms with Crippen LogP contribution in [0, 0.1) is 0 Å². The van der Waals surface area contributed by atoms with E-state index in [2.05, 4.69) is 0 Å². The van der Waals surface area contributed by atoms with E-state index in [0.717, 1.165) is 11.1 Å². The van der Waals surface area contributed by atoms with Crippen molar-refractivity contribution in [1.82, 2.24) is 9.91 Å². The highest BCUT2D eigenvalue weighted by Crippen LogP contribution is 2.36. The molecule has 0 bridgehead atoms. The van der Waals surface area contributed by atoms with Crippen LogP contribution < -0.4 is 14.2 Å². The van der Waals surface area contributed by atoms with E-state index in [9.17, 15) is 9.59 Å². The molecule has 0 radical (unpaired) electrons. The summed E-state index contributed by atoms with van der Waals surface area (Å²) in [5.41, 5.74) is 2.89. The Morgan fingerprint density at radius 2 is 1.59 bits per heavy atom. The van der Waals surface area contributed by atoms with E-state index in [0.29, 0.717) is 34.9 Å². The van der Waals surface area contributed by atoms with Crippen LogP contribution in [-0.4, -0.2) is 75.6 Å². The minimum atomic E-state index is -0.333. The van der Waals surface area contributed by atoms with Gasteiger partial charge < -0.3 is 23.8 Å². The third-order valence-corrected chi connectivity index (χ3v) is 6.59. The summed E-state index contributed by atoms with van der Waals surface area (Å²) in [5.74, 6) is 1.33. The van der Waals surface area contributed by atoms with Crippen LogP contribution in [0.3, 0.4) is 0 Å². The number of methoxy groups -OCH3 is 4. The van der Waals surface area contributed by atoms with Crippen molar-refractivity contribution in [2.24, 2.45) is 5.10 Å². The fourth-order valence-electron chi connectivity index (χ4n) is 4.48. The van der Waals surface area contributed by atoms with Gasteiger partial charge in [-0.2, -0.15) is 5.10 Å². The van der Waals surface area contributed by atoms with Crippen LogP contribution in [0.15, 0.2) is 77.9 Å². The van der Waals surface area contributed by atoms with Gasteiger partial charge in [0, 0.05) is 37.3 Å². The topological polar surface area (TPSA) is 89.9 Å². The molecule has 0 saturated carbocycles. The molecule has 9 heteroatoms. The largest absolute Gasteiger partial charge is 0.497 e. The first-order valence-electron chi connectivity index (χ1n) is 12.6. The van der Waals surface area contributed by atoms with Crippen LogP contribution in [0.4, 0.5) is 0 Å². The number of amides is 2. The van der Waals surface area contributed by atoms with Crippen LogP contribution in [0.25, 0.3) is 0 Å². The first-order valence-corrected chi connectivity index (χ1v) is 12.6. The van der Waals surface area contributed by atoms with Gasteiger partial charge in [0.05, 0.1) is 39.7 Å². The van der Waals surface area contributed by atoms with Crippen LogP contribution >= 0.6 is 0 Å². The Bertz CT molecular complexity index is 1310. The summed E-state index contributed by atoms with van der Waals surface area (Å²) in [4.78, 5) is 28.6. The maximum absolute atomic E-state index is 13.8. The van der Waals surface area contributed by atoms with E-state index < -0.39 is 0 Å². The van der Waals surface area contributed by atoms with E-state index in [1.807, 2.05) is 42.5 Å². The summed E-state index contributed by atoms with van der Waals surface area (Å²) in [6.45, 7) is 0.378. The summed E-state index contributed by atoms with van der Waals surface area (Å²) >= 11 is 0. The third kappa shape index (κ3) is 6.38. The molecule has 0 saturated heterocycles. The maximum Gasteiger partial charge on any atom is 0.262 e. The number of nitrogens with zero attached hydrogens (tertiary/aromatic N) is 3. The number of ether oxygens (including phenoxy) is 4. The van der Waals surface area contributed by atoms with Crippen LogP contribution in [0.2, 0.25) is 0 Å². The lowest BCUT2D eigenvalue weighted by molar-refractivity contribution is -0.133. The second-order valence-corrected chi connectivity index (χ2v) is 8.93. The lowest BCUT2D eigenvalue weighted by atomic mass is 9.98. The number of carbonyl (C=O) groups excluding carboxylic acids is 2. The fraction of sp³-hybridized carbons (Fsp3) is 0.300. The van der Waals surface area contributed by atoms with Crippen LogP contribution in [0.1, 0.15) is 33.9 Å². The monoisotopic (exact) mass is 531 g/mol. The summed E-state index contributed by atoms with van der Waals surface area (Å²) in [7, 11) is 6.30. The molecule has 3 aromatic rings. The number of hydrazone groups is 1. The highest BCUT2D eigenvalue weighted by atomic mass is 16.5. The van der Waals surface area contributed by atoms with Gasteiger partial charge in [-0.1, -0.05) is 30.3 Å². The zero-order valence-electron chi connectivity index (χ0n) is 22.6. The molecule has 4 rings (SSSR count). The summed E-state index contributed by atoms with van der Waals surface area (Å²) in [5, 5.41) is 6.24. The van der Waals surface area contributed by atoms with Crippen molar-refractivity contribution >= 4 is 17.5 Å². The first kappa shape index (κ1) is 27.7. The van der Waals surface area contributed by atoms with Crippen molar-refractivity contribution in [3.8, 4) is 17.2 Å². The Hall–Kier alpha value is -4.37. The number of rotatable bonds is 11. The molecule has 204 valence electrons. The van der Waals surface area contributed by atoms with E-state index in [4.69, 9.17) is 24.0 Å². The lowest BCUT2D eigenvalue weighted by Crippen LogP contribution is -2.42. The van der Waals surface area contributed by atoms with Crippen LogP contribution in [0.5, 0.6) is 17.2 Å². The number of carbonyl (C=O) groups is 2. The van der Waals surface area contributed by atoms with Crippen LogP contribution in [-0.2, 0) is 9.53 Å². The fourth-order valence-corrected chi connectivity index (χ4v) is 4.48. The molecule has 1 atom stereocenters. The zero-order valence-corrected chi connectivity index (χ0v) is 22.6. The molecule has 0 fully saturated rings. The highest BCUT2D eigenvalue weighted by molar-refractivity contribution is 6.05. The molecule has 0 spiro atoms. The Labute approximate surface area is 228 Å². The molecule has 0 aliphatic carbocycles. The smallest absolute Gasteiger partial charge is 0.262 e. The van der Waals surface area contributed by atoms with Gasteiger partial charge in [-0.15, -0.1) is 0 Å². The zero-order chi connectivity index (χ0) is 27.8. The van der Waals surface area contributed by atoms with Gasteiger partial charge >= 0.3 is 0 Å². The maximum atomic E-state index is 13.8. The third-order valence-electron chi connectivity index (χ3n) is 6.59. The quantitative estimate of drug-likeness (QED) is 0.369. The van der Waals surface area contributed by atoms with Gasteiger partial charge in [-0.3, -0.25) is 9.59 Å². The molecule has 1 aliphatic heterocycles. The van der Waals surface area contributed by atoms with Gasteiger partial charge in [-0.25, -0.2) is 5.01 Å². The van der Waals surface area contributed by atoms with Gasteiger partial charge in [0.15, 0.2) is 0 Å². The predicted molar refractivity (Wildman–Crippen MR) is 148 cm³/mol. The van der Waals surface area contributed by atoms with E-state index in [-0.39, 0.29) is 37.6 Å². The summed E-state index contributed by atoms with van der Waals surface area (Å²) in [6, 6.07) is 21.7. The van der Waals surface area contributed by atoms with Crippen molar-refractivity contribution in [2.75, 3.05) is 48.1 Å². The van der Waals surface area contributed by atoms with Gasteiger partial charge in [-0.05, 0) is 42.0 Å². The van der Waals surface area contributed by atoms with Gasteiger partial charge in [0.1, 0.15) is 23.8 Å². The summed E-state index contributed by atoms with van der Waals surface area (Å²) < 4.78 is 21.4. The molecule has 1 aliphatic rings.